The molecule has 0 radical (unpaired) electrons. The van der Waals surface area contributed by atoms with Gasteiger partial charge in [-0.15, -0.1) is 6.42 Å². The molecule has 1 heterocycles. The summed E-state index contributed by atoms with van der Waals surface area (Å²) in [6.45, 7) is 3.85. The van der Waals surface area contributed by atoms with E-state index in [1.54, 1.807) is 13.1 Å². The SMILES string of the molecule is C#CCNC(=NC)N1CCN(c2ccccc2O)CC1. The predicted octanol–water partition coefficient (Wildman–Crippen LogP) is 0.723. The lowest BCUT2D eigenvalue weighted by molar-refractivity contribution is 0.371. The summed E-state index contributed by atoms with van der Waals surface area (Å²) in [6.07, 6.45) is 5.25. The molecule has 0 unspecified atom stereocenters. The first kappa shape index (κ1) is 14.1. The monoisotopic (exact) mass is 272 g/mol. The first-order valence-corrected chi connectivity index (χ1v) is 6.68. The predicted molar refractivity (Wildman–Crippen MR) is 82.1 cm³/mol. The van der Waals surface area contributed by atoms with Crippen LogP contribution in [0.25, 0.3) is 0 Å². The van der Waals surface area contributed by atoms with E-state index in [-0.39, 0.29) is 0 Å². The van der Waals surface area contributed by atoms with Gasteiger partial charge in [-0.2, -0.15) is 0 Å². The summed E-state index contributed by atoms with van der Waals surface area (Å²) in [5.41, 5.74) is 0.888. The maximum atomic E-state index is 9.89. The molecule has 1 aliphatic heterocycles. The summed E-state index contributed by atoms with van der Waals surface area (Å²) < 4.78 is 0. The van der Waals surface area contributed by atoms with Crippen molar-refractivity contribution in [1.82, 2.24) is 10.2 Å². The van der Waals surface area contributed by atoms with Gasteiger partial charge in [-0.3, -0.25) is 4.99 Å². The van der Waals surface area contributed by atoms with Gasteiger partial charge in [-0.25, -0.2) is 0 Å². The van der Waals surface area contributed by atoms with E-state index in [1.165, 1.54) is 0 Å². The Hall–Kier alpha value is -2.35. The number of hydrogen-bond donors (Lipinski definition) is 2. The highest BCUT2D eigenvalue weighted by Gasteiger charge is 2.20. The maximum absolute atomic E-state index is 9.89. The van der Waals surface area contributed by atoms with Crippen molar-refractivity contribution in [3.8, 4) is 18.1 Å². The van der Waals surface area contributed by atoms with Crippen LogP contribution in [-0.4, -0.2) is 55.7 Å². The summed E-state index contributed by atoms with van der Waals surface area (Å²) in [5.74, 6) is 3.71. The molecular weight excluding hydrogens is 252 g/mol. The number of aromatic hydroxyl groups is 1. The number of aliphatic imine (C=N–C) groups is 1. The average molecular weight is 272 g/mol. The van der Waals surface area contributed by atoms with Crippen LogP contribution in [0.2, 0.25) is 0 Å². The van der Waals surface area contributed by atoms with Crippen molar-refractivity contribution >= 4 is 11.6 Å². The summed E-state index contributed by atoms with van der Waals surface area (Å²) in [7, 11) is 1.76. The normalized spacial score (nSPS) is 15.9. The minimum absolute atomic E-state index is 0.329. The number of nitrogens with one attached hydrogen (secondary N) is 1. The molecule has 0 spiro atoms. The molecule has 0 atom stereocenters. The molecule has 2 N–H and O–H groups in total. The lowest BCUT2D eigenvalue weighted by atomic mass is 10.2. The number of benzene rings is 1. The maximum Gasteiger partial charge on any atom is 0.194 e. The van der Waals surface area contributed by atoms with Crippen LogP contribution in [0.4, 0.5) is 5.69 Å². The van der Waals surface area contributed by atoms with E-state index < -0.39 is 0 Å². The molecule has 0 bridgehead atoms. The Bertz CT molecular complexity index is 513. The highest BCUT2D eigenvalue weighted by atomic mass is 16.3. The third-order valence-corrected chi connectivity index (χ3v) is 3.36. The first-order chi connectivity index (χ1) is 9.76. The zero-order valence-corrected chi connectivity index (χ0v) is 11.7. The lowest BCUT2D eigenvalue weighted by Gasteiger charge is -2.37. The Balaban J connectivity index is 1.96. The van der Waals surface area contributed by atoms with Crippen molar-refractivity contribution in [1.29, 1.82) is 0 Å². The minimum atomic E-state index is 0.329. The van der Waals surface area contributed by atoms with Gasteiger partial charge in [0.25, 0.3) is 0 Å². The molecule has 5 heteroatoms. The zero-order valence-electron chi connectivity index (χ0n) is 11.7. The zero-order chi connectivity index (χ0) is 14.4. The van der Waals surface area contributed by atoms with Gasteiger partial charge in [0.05, 0.1) is 12.2 Å². The Morgan fingerprint density at radius 3 is 2.65 bits per heavy atom. The third-order valence-electron chi connectivity index (χ3n) is 3.36. The summed E-state index contributed by atoms with van der Waals surface area (Å²) >= 11 is 0. The number of phenols is 1. The van der Waals surface area contributed by atoms with Crippen molar-refractivity contribution in [2.24, 2.45) is 4.99 Å². The summed E-state index contributed by atoms with van der Waals surface area (Å²) in [5, 5.41) is 13.0. The number of nitrogens with zero attached hydrogens (tertiary/aromatic N) is 3. The van der Waals surface area contributed by atoms with Gasteiger partial charge in [0.15, 0.2) is 5.96 Å². The molecule has 1 saturated heterocycles. The Labute approximate surface area is 119 Å². The van der Waals surface area contributed by atoms with Crippen LogP contribution in [-0.2, 0) is 0 Å². The smallest absolute Gasteiger partial charge is 0.194 e. The second-order valence-corrected chi connectivity index (χ2v) is 4.57. The van der Waals surface area contributed by atoms with Crippen molar-refractivity contribution in [2.75, 3.05) is 44.7 Å². The Kier molecular flexibility index (Phi) is 4.72. The minimum Gasteiger partial charge on any atom is -0.506 e. The number of rotatable bonds is 2. The third kappa shape index (κ3) is 3.15. The van der Waals surface area contributed by atoms with Crippen LogP contribution < -0.4 is 10.2 Å². The second-order valence-electron chi connectivity index (χ2n) is 4.57. The fraction of sp³-hybridized carbons (Fsp3) is 0.400. The van der Waals surface area contributed by atoms with E-state index in [1.807, 2.05) is 18.2 Å². The summed E-state index contributed by atoms with van der Waals surface area (Å²) in [6, 6.07) is 7.43. The highest BCUT2D eigenvalue weighted by molar-refractivity contribution is 5.80. The van der Waals surface area contributed by atoms with E-state index >= 15 is 0 Å². The van der Waals surface area contributed by atoms with Gasteiger partial charge in [-0.1, -0.05) is 18.1 Å². The molecule has 1 aliphatic rings. The summed E-state index contributed by atoms with van der Waals surface area (Å²) in [4.78, 5) is 8.59. The van der Waals surface area contributed by atoms with Gasteiger partial charge in [-0.05, 0) is 12.1 Å². The molecule has 1 aromatic carbocycles. The highest BCUT2D eigenvalue weighted by Crippen LogP contribution is 2.27. The van der Waals surface area contributed by atoms with Gasteiger partial charge < -0.3 is 20.2 Å². The largest absolute Gasteiger partial charge is 0.506 e. The van der Waals surface area contributed by atoms with Crippen LogP contribution in [0, 0.1) is 12.3 Å². The standard InChI is InChI=1S/C15H20N4O/c1-3-8-17-15(16-2)19-11-9-18(10-12-19)13-6-4-5-7-14(13)20/h1,4-7,20H,8-12H2,2H3,(H,16,17). The van der Waals surface area contributed by atoms with Crippen molar-refractivity contribution in [3.05, 3.63) is 24.3 Å². The van der Waals surface area contributed by atoms with E-state index in [2.05, 4.69) is 26.0 Å². The van der Waals surface area contributed by atoms with Gasteiger partial charge >= 0.3 is 0 Å². The molecular formula is C15H20N4O. The number of phenolic OH excluding ortho intramolecular Hbond substituents is 1. The average Bonchev–Trinajstić information content (AvgIpc) is 2.49. The van der Waals surface area contributed by atoms with Gasteiger partial charge in [0.1, 0.15) is 5.75 Å². The van der Waals surface area contributed by atoms with Crippen LogP contribution in [0.5, 0.6) is 5.75 Å². The lowest BCUT2D eigenvalue weighted by Crippen LogP contribution is -2.52. The van der Waals surface area contributed by atoms with Crippen LogP contribution in [0.1, 0.15) is 0 Å². The van der Waals surface area contributed by atoms with Crippen LogP contribution in [0.3, 0.4) is 0 Å². The molecule has 0 saturated carbocycles. The molecule has 0 aliphatic carbocycles. The Morgan fingerprint density at radius 1 is 1.35 bits per heavy atom. The fourth-order valence-electron chi connectivity index (χ4n) is 2.35. The number of piperazine rings is 1. The van der Waals surface area contributed by atoms with E-state index in [0.717, 1.165) is 37.8 Å². The molecule has 1 fully saturated rings. The molecule has 106 valence electrons. The van der Waals surface area contributed by atoms with E-state index in [4.69, 9.17) is 6.42 Å². The van der Waals surface area contributed by atoms with E-state index in [9.17, 15) is 5.11 Å². The van der Waals surface area contributed by atoms with Crippen molar-refractivity contribution in [3.63, 3.8) is 0 Å². The number of anilines is 1. The second kappa shape index (κ2) is 6.71. The number of hydrogen-bond acceptors (Lipinski definition) is 3. The van der Waals surface area contributed by atoms with Gasteiger partial charge in [0.2, 0.25) is 0 Å². The van der Waals surface area contributed by atoms with Crippen LogP contribution >= 0.6 is 0 Å². The molecule has 2 rings (SSSR count). The number of guanidine groups is 1. The Morgan fingerprint density at radius 2 is 2.05 bits per heavy atom. The molecule has 20 heavy (non-hydrogen) atoms. The fourth-order valence-corrected chi connectivity index (χ4v) is 2.35. The topological polar surface area (TPSA) is 51.1 Å². The number of terminal acetylenes is 1. The van der Waals surface area contributed by atoms with E-state index in [0.29, 0.717) is 12.3 Å². The quantitative estimate of drug-likeness (QED) is 0.473. The van der Waals surface area contributed by atoms with Crippen molar-refractivity contribution < 1.29 is 5.11 Å². The molecule has 5 nitrogen and oxygen atoms in total. The molecule has 1 aromatic rings. The number of para-hydroxylation sites is 2. The molecule has 0 aromatic heterocycles. The van der Waals surface area contributed by atoms with Gasteiger partial charge in [0, 0.05) is 33.2 Å². The first-order valence-electron chi connectivity index (χ1n) is 6.68. The van der Waals surface area contributed by atoms with Crippen LogP contribution in [0.15, 0.2) is 29.3 Å². The molecule has 0 amide bonds. The van der Waals surface area contributed by atoms with Crippen molar-refractivity contribution in [2.45, 2.75) is 0 Å².